The molecule has 0 amide bonds. The number of hydrogen-bond donors (Lipinski definition) is 1. The van der Waals surface area contributed by atoms with Crippen LogP contribution >= 0.6 is 0 Å². The Bertz CT molecular complexity index is 428. The van der Waals surface area contributed by atoms with Crippen molar-refractivity contribution < 1.29 is 0 Å². The van der Waals surface area contributed by atoms with Gasteiger partial charge in [0.2, 0.25) is 0 Å². The van der Waals surface area contributed by atoms with Crippen molar-refractivity contribution in [1.82, 2.24) is 0 Å². The molecule has 1 heterocycles. The van der Waals surface area contributed by atoms with Crippen LogP contribution in [0.1, 0.15) is 18.1 Å². The molecule has 0 fully saturated rings. The van der Waals surface area contributed by atoms with Crippen LogP contribution in [0, 0.1) is 6.92 Å². The summed E-state index contributed by atoms with van der Waals surface area (Å²) in [7, 11) is 0. The van der Waals surface area contributed by atoms with Gasteiger partial charge in [-0.15, -0.1) is 0 Å². The van der Waals surface area contributed by atoms with Crippen LogP contribution in [0.5, 0.6) is 0 Å². The third kappa shape index (κ3) is 1.55. The Morgan fingerprint density at radius 1 is 1.29 bits per heavy atom. The van der Waals surface area contributed by atoms with E-state index in [9.17, 15) is 0 Å². The summed E-state index contributed by atoms with van der Waals surface area (Å²) in [6.07, 6.45) is 2.12. The van der Waals surface area contributed by atoms with E-state index in [2.05, 4.69) is 23.2 Å². The summed E-state index contributed by atoms with van der Waals surface area (Å²) in [6.45, 7) is 4.82. The zero-order chi connectivity index (χ0) is 10.1. The maximum absolute atomic E-state index is 5.86. The number of benzene rings is 1. The molecule has 2 N–H and O–H groups in total. The van der Waals surface area contributed by atoms with Crippen molar-refractivity contribution in [2.24, 2.45) is 4.99 Å². The standard InChI is InChI=1S/C12H14N2/c1-8-3-4-10(6-12(8)13)11-5-9(2)14-7-11/h3-6H,7,13H2,1-2H3. The molecule has 1 aliphatic rings. The second-order valence-corrected chi connectivity index (χ2v) is 3.70. The quantitative estimate of drug-likeness (QED) is 0.672. The second kappa shape index (κ2) is 3.29. The molecule has 1 aromatic rings. The Labute approximate surface area is 84.2 Å². The molecule has 0 saturated carbocycles. The number of anilines is 1. The molecule has 0 aliphatic carbocycles. The van der Waals surface area contributed by atoms with Gasteiger partial charge in [0.1, 0.15) is 0 Å². The first-order valence-electron chi connectivity index (χ1n) is 4.75. The first kappa shape index (κ1) is 9.00. The molecule has 2 rings (SSSR count). The molecule has 0 saturated heterocycles. The minimum Gasteiger partial charge on any atom is -0.398 e. The predicted octanol–water partition coefficient (Wildman–Crippen LogP) is 2.44. The molecule has 2 nitrogen and oxygen atoms in total. The fourth-order valence-corrected chi connectivity index (χ4v) is 1.57. The zero-order valence-corrected chi connectivity index (χ0v) is 8.54. The van der Waals surface area contributed by atoms with Gasteiger partial charge in [-0.1, -0.05) is 12.1 Å². The smallest absolute Gasteiger partial charge is 0.0649 e. The molecule has 0 radical (unpaired) electrons. The highest BCUT2D eigenvalue weighted by Gasteiger charge is 2.07. The number of aryl methyl sites for hydroxylation is 1. The Kier molecular flexibility index (Phi) is 2.12. The number of aliphatic imine (C=N–C) groups is 1. The lowest BCUT2D eigenvalue weighted by molar-refractivity contribution is 1.28. The Hall–Kier alpha value is -1.57. The van der Waals surface area contributed by atoms with E-state index >= 15 is 0 Å². The molecule has 1 aromatic carbocycles. The molecule has 0 aromatic heterocycles. The van der Waals surface area contributed by atoms with Crippen LogP contribution in [0.2, 0.25) is 0 Å². The zero-order valence-electron chi connectivity index (χ0n) is 8.54. The lowest BCUT2D eigenvalue weighted by atomic mass is 10.0. The summed E-state index contributed by atoms with van der Waals surface area (Å²) in [5.41, 5.74) is 11.4. The second-order valence-electron chi connectivity index (χ2n) is 3.70. The Morgan fingerprint density at radius 3 is 2.64 bits per heavy atom. The maximum Gasteiger partial charge on any atom is 0.0649 e. The lowest BCUT2D eigenvalue weighted by Crippen LogP contribution is -1.92. The van der Waals surface area contributed by atoms with Crippen molar-refractivity contribution in [3.63, 3.8) is 0 Å². The van der Waals surface area contributed by atoms with Gasteiger partial charge in [0, 0.05) is 11.4 Å². The summed E-state index contributed by atoms with van der Waals surface area (Å²) in [4.78, 5) is 4.33. The van der Waals surface area contributed by atoms with Crippen LogP contribution in [0.4, 0.5) is 5.69 Å². The topological polar surface area (TPSA) is 38.4 Å². The molecule has 14 heavy (non-hydrogen) atoms. The third-order valence-corrected chi connectivity index (χ3v) is 2.53. The van der Waals surface area contributed by atoms with Crippen LogP contribution in [-0.4, -0.2) is 12.3 Å². The summed E-state index contributed by atoms with van der Waals surface area (Å²) in [5, 5.41) is 0. The van der Waals surface area contributed by atoms with Crippen molar-refractivity contribution in [2.75, 3.05) is 12.3 Å². The van der Waals surface area contributed by atoms with E-state index in [4.69, 9.17) is 5.73 Å². The van der Waals surface area contributed by atoms with Gasteiger partial charge in [0.25, 0.3) is 0 Å². The van der Waals surface area contributed by atoms with E-state index in [1.807, 2.05) is 19.9 Å². The minimum absolute atomic E-state index is 0.786. The van der Waals surface area contributed by atoms with Gasteiger partial charge in [-0.2, -0.15) is 0 Å². The number of hydrogen-bond acceptors (Lipinski definition) is 2. The Balaban J connectivity index is 2.35. The number of nitrogens with zero attached hydrogens (tertiary/aromatic N) is 1. The Morgan fingerprint density at radius 2 is 2.07 bits per heavy atom. The summed E-state index contributed by atoms with van der Waals surface area (Å²) >= 11 is 0. The number of nitrogens with two attached hydrogens (primary N) is 1. The highest BCUT2D eigenvalue weighted by Crippen LogP contribution is 2.22. The number of rotatable bonds is 1. The lowest BCUT2D eigenvalue weighted by Gasteiger charge is -2.04. The van der Waals surface area contributed by atoms with Gasteiger partial charge in [-0.3, -0.25) is 4.99 Å². The first-order valence-corrected chi connectivity index (χ1v) is 4.75. The van der Waals surface area contributed by atoms with Crippen LogP contribution in [0.3, 0.4) is 0 Å². The molecule has 2 heteroatoms. The molecule has 0 bridgehead atoms. The summed E-state index contributed by atoms with van der Waals surface area (Å²) < 4.78 is 0. The monoisotopic (exact) mass is 186 g/mol. The molecule has 72 valence electrons. The van der Waals surface area contributed by atoms with Gasteiger partial charge < -0.3 is 5.73 Å². The SMILES string of the molecule is CC1=NCC(c2ccc(C)c(N)c2)=C1. The van der Waals surface area contributed by atoms with Crippen molar-refractivity contribution in [3.05, 3.63) is 35.4 Å². The predicted molar refractivity (Wildman–Crippen MR) is 61.5 cm³/mol. The van der Waals surface area contributed by atoms with Crippen LogP contribution in [0.15, 0.2) is 29.3 Å². The van der Waals surface area contributed by atoms with Gasteiger partial charge >= 0.3 is 0 Å². The number of nitrogen functional groups attached to an aromatic ring is 1. The van der Waals surface area contributed by atoms with Gasteiger partial charge in [0.15, 0.2) is 0 Å². The molecule has 0 atom stereocenters. The molecule has 1 aliphatic heterocycles. The van der Waals surface area contributed by atoms with Crippen molar-refractivity contribution in [1.29, 1.82) is 0 Å². The van der Waals surface area contributed by atoms with E-state index < -0.39 is 0 Å². The van der Waals surface area contributed by atoms with Gasteiger partial charge in [0.05, 0.1) is 6.54 Å². The molecular weight excluding hydrogens is 172 g/mol. The average molecular weight is 186 g/mol. The van der Waals surface area contributed by atoms with Crippen LogP contribution in [0.25, 0.3) is 5.57 Å². The summed E-state index contributed by atoms with van der Waals surface area (Å²) in [6, 6.07) is 6.18. The highest BCUT2D eigenvalue weighted by molar-refractivity contribution is 6.03. The van der Waals surface area contributed by atoms with E-state index in [0.29, 0.717) is 0 Å². The fourth-order valence-electron chi connectivity index (χ4n) is 1.57. The number of allylic oxidation sites excluding steroid dienone is 1. The van der Waals surface area contributed by atoms with E-state index in [1.165, 1.54) is 11.1 Å². The fraction of sp³-hybridized carbons (Fsp3) is 0.250. The molecular formula is C12H14N2. The van der Waals surface area contributed by atoms with Crippen molar-refractivity contribution in [3.8, 4) is 0 Å². The molecule has 0 spiro atoms. The van der Waals surface area contributed by atoms with Crippen LogP contribution in [-0.2, 0) is 0 Å². The van der Waals surface area contributed by atoms with E-state index in [1.54, 1.807) is 0 Å². The third-order valence-electron chi connectivity index (χ3n) is 2.53. The molecule has 0 unspecified atom stereocenters. The summed E-state index contributed by atoms with van der Waals surface area (Å²) in [5.74, 6) is 0. The normalized spacial score (nSPS) is 15.3. The largest absolute Gasteiger partial charge is 0.398 e. The maximum atomic E-state index is 5.86. The van der Waals surface area contributed by atoms with Crippen molar-refractivity contribution in [2.45, 2.75) is 13.8 Å². The van der Waals surface area contributed by atoms with Gasteiger partial charge in [-0.25, -0.2) is 0 Å². The van der Waals surface area contributed by atoms with Crippen molar-refractivity contribution >= 4 is 17.0 Å². The van der Waals surface area contributed by atoms with E-state index in [-0.39, 0.29) is 0 Å². The first-order chi connectivity index (χ1) is 6.66. The minimum atomic E-state index is 0.786. The van der Waals surface area contributed by atoms with E-state index in [0.717, 1.165) is 23.5 Å². The van der Waals surface area contributed by atoms with Gasteiger partial charge in [-0.05, 0) is 42.7 Å². The highest BCUT2D eigenvalue weighted by atomic mass is 14.7. The van der Waals surface area contributed by atoms with Crippen LogP contribution < -0.4 is 5.73 Å². The average Bonchev–Trinajstić information content (AvgIpc) is 2.57.